The van der Waals surface area contributed by atoms with Gasteiger partial charge in [-0.3, -0.25) is 0 Å². The number of hydrogen-bond donors (Lipinski definition) is 2. The summed E-state index contributed by atoms with van der Waals surface area (Å²) in [6.07, 6.45) is 0. The molecule has 17 heavy (non-hydrogen) atoms. The van der Waals surface area contributed by atoms with Gasteiger partial charge in [0.05, 0.1) is 11.4 Å². The number of benzene rings is 1. The standard InChI is InChI=1S/C13H20N2O2/c1-9(12(16)17-13(2,3)4)15-11-8-6-5-7-10(11)14/h5-9,15H,14H2,1-4H3. The van der Waals surface area contributed by atoms with Crippen LogP contribution in [0.4, 0.5) is 11.4 Å². The summed E-state index contributed by atoms with van der Waals surface area (Å²) in [4.78, 5) is 11.7. The number of para-hydroxylation sites is 2. The second-order valence-electron chi connectivity index (χ2n) is 4.99. The number of rotatable bonds is 3. The molecule has 0 saturated heterocycles. The molecule has 4 nitrogen and oxygen atoms in total. The van der Waals surface area contributed by atoms with Crippen molar-refractivity contribution in [1.29, 1.82) is 0 Å². The van der Waals surface area contributed by atoms with Crippen LogP contribution in [0.5, 0.6) is 0 Å². The van der Waals surface area contributed by atoms with Crippen LogP contribution in [-0.2, 0) is 9.53 Å². The first-order chi connectivity index (χ1) is 7.79. The molecule has 0 heterocycles. The summed E-state index contributed by atoms with van der Waals surface area (Å²) < 4.78 is 5.27. The van der Waals surface area contributed by atoms with Crippen molar-refractivity contribution in [2.24, 2.45) is 0 Å². The van der Waals surface area contributed by atoms with Gasteiger partial charge in [0.1, 0.15) is 11.6 Å². The van der Waals surface area contributed by atoms with E-state index < -0.39 is 11.6 Å². The Hall–Kier alpha value is -1.71. The van der Waals surface area contributed by atoms with Crippen molar-refractivity contribution in [3.8, 4) is 0 Å². The summed E-state index contributed by atoms with van der Waals surface area (Å²) in [7, 11) is 0. The molecule has 1 aromatic carbocycles. The smallest absolute Gasteiger partial charge is 0.328 e. The number of carbonyl (C=O) groups excluding carboxylic acids is 1. The Labute approximate surface area is 102 Å². The summed E-state index contributed by atoms with van der Waals surface area (Å²) >= 11 is 0. The van der Waals surface area contributed by atoms with Crippen molar-refractivity contribution in [2.45, 2.75) is 39.3 Å². The lowest BCUT2D eigenvalue weighted by Gasteiger charge is -2.23. The van der Waals surface area contributed by atoms with E-state index in [0.717, 1.165) is 5.69 Å². The summed E-state index contributed by atoms with van der Waals surface area (Å²) in [5.74, 6) is -0.291. The van der Waals surface area contributed by atoms with Crippen molar-refractivity contribution in [2.75, 3.05) is 11.1 Å². The summed E-state index contributed by atoms with van der Waals surface area (Å²) in [5.41, 5.74) is 6.66. The molecule has 0 saturated carbocycles. The maximum Gasteiger partial charge on any atom is 0.328 e. The topological polar surface area (TPSA) is 64.3 Å². The van der Waals surface area contributed by atoms with E-state index in [1.807, 2.05) is 39.0 Å². The maximum atomic E-state index is 11.7. The van der Waals surface area contributed by atoms with Crippen LogP contribution in [0.15, 0.2) is 24.3 Å². The van der Waals surface area contributed by atoms with Crippen LogP contribution < -0.4 is 11.1 Å². The highest BCUT2D eigenvalue weighted by Gasteiger charge is 2.21. The zero-order valence-electron chi connectivity index (χ0n) is 10.8. The van der Waals surface area contributed by atoms with Crippen LogP contribution >= 0.6 is 0 Å². The Bertz CT molecular complexity index is 397. The Balaban J connectivity index is 2.64. The van der Waals surface area contributed by atoms with Gasteiger partial charge in [-0.1, -0.05) is 12.1 Å². The summed E-state index contributed by atoms with van der Waals surface area (Å²) in [6, 6.07) is 6.89. The minimum Gasteiger partial charge on any atom is -0.458 e. The quantitative estimate of drug-likeness (QED) is 0.625. The largest absolute Gasteiger partial charge is 0.458 e. The SMILES string of the molecule is CC(Nc1ccccc1N)C(=O)OC(C)(C)C. The monoisotopic (exact) mass is 236 g/mol. The van der Waals surface area contributed by atoms with Gasteiger partial charge in [-0.15, -0.1) is 0 Å². The molecule has 0 aliphatic heterocycles. The molecule has 94 valence electrons. The van der Waals surface area contributed by atoms with E-state index in [0.29, 0.717) is 5.69 Å². The Morgan fingerprint density at radius 1 is 1.35 bits per heavy atom. The van der Waals surface area contributed by atoms with Gasteiger partial charge in [0.15, 0.2) is 0 Å². The third-order valence-corrected chi connectivity index (χ3v) is 2.09. The molecule has 1 rings (SSSR count). The first kappa shape index (κ1) is 13.4. The number of esters is 1. The first-order valence-electron chi connectivity index (χ1n) is 5.63. The van der Waals surface area contributed by atoms with Gasteiger partial charge in [0.2, 0.25) is 0 Å². The molecule has 0 aromatic heterocycles. The average molecular weight is 236 g/mol. The number of ether oxygens (including phenoxy) is 1. The van der Waals surface area contributed by atoms with Crippen molar-refractivity contribution < 1.29 is 9.53 Å². The first-order valence-corrected chi connectivity index (χ1v) is 5.63. The molecule has 0 amide bonds. The van der Waals surface area contributed by atoms with E-state index in [1.54, 1.807) is 13.0 Å². The fourth-order valence-electron chi connectivity index (χ4n) is 1.31. The highest BCUT2D eigenvalue weighted by molar-refractivity contribution is 5.81. The molecule has 0 bridgehead atoms. The molecule has 0 spiro atoms. The maximum absolute atomic E-state index is 11.7. The van der Waals surface area contributed by atoms with Crippen molar-refractivity contribution in [1.82, 2.24) is 0 Å². The van der Waals surface area contributed by atoms with Gasteiger partial charge in [0, 0.05) is 0 Å². The Morgan fingerprint density at radius 2 is 1.94 bits per heavy atom. The van der Waals surface area contributed by atoms with E-state index in [2.05, 4.69) is 5.32 Å². The second-order valence-corrected chi connectivity index (χ2v) is 4.99. The number of carbonyl (C=O) groups is 1. The van der Waals surface area contributed by atoms with Gasteiger partial charge >= 0.3 is 5.97 Å². The van der Waals surface area contributed by atoms with Crippen molar-refractivity contribution >= 4 is 17.3 Å². The van der Waals surface area contributed by atoms with Gasteiger partial charge in [-0.25, -0.2) is 4.79 Å². The molecular formula is C13H20N2O2. The minimum atomic E-state index is -0.477. The van der Waals surface area contributed by atoms with E-state index >= 15 is 0 Å². The Morgan fingerprint density at radius 3 is 2.47 bits per heavy atom. The predicted octanol–water partition coefficient (Wildman–Crippen LogP) is 2.41. The second kappa shape index (κ2) is 5.08. The van der Waals surface area contributed by atoms with E-state index in [-0.39, 0.29) is 5.97 Å². The minimum absolute atomic E-state index is 0.291. The summed E-state index contributed by atoms with van der Waals surface area (Å²) in [6.45, 7) is 7.28. The molecule has 4 heteroatoms. The van der Waals surface area contributed by atoms with Gasteiger partial charge < -0.3 is 15.8 Å². The normalized spacial score (nSPS) is 12.9. The predicted molar refractivity (Wildman–Crippen MR) is 69.8 cm³/mol. The van der Waals surface area contributed by atoms with Gasteiger partial charge in [-0.05, 0) is 39.8 Å². The molecule has 0 fully saturated rings. The van der Waals surface area contributed by atoms with Crippen molar-refractivity contribution in [3.63, 3.8) is 0 Å². The van der Waals surface area contributed by atoms with Crippen LogP contribution in [0.1, 0.15) is 27.7 Å². The van der Waals surface area contributed by atoms with Gasteiger partial charge in [-0.2, -0.15) is 0 Å². The van der Waals surface area contributed by atoms with E-state index in [1.165, 1.54) is 0 Å². The van der Waals surface area contributed by atoms with E-state index in [9.17, 15) is 4.79 Å². The Kier molecular flexibility index (Phi) is 3.99. The van der Waals surface area contributed by atoms with E-state index in [4.69, 9.17) is 10.5 Å². The number of nitrogens with one attached hydrogen (secondary N) is 1. The van der Waals surface area contributed by atoms with Crippen molar-refractivity contribution in [3.05, 3.63) is 24.3 Å². The lowest BCUT2D eigenvalue weighted by molar-refractivity contribution is -0.155. The number of nitrogen functional groups attached to an aromatic ring is 1. The van der Waals surface area contributed by atoms with Crippen LogP contribution in [0.25, 0.3) is 0 Å². The molecule has 1 atom stereocenters. The van der Waals surface area contributed by atoms with Crippen LogP contribution in [0.3, 0.4) is 0 Å². The third kappa shape index (κ3) is 4.34. The molecule has 3 N–H and O–H groups in total. The number of hydrogen-bond acceptors (Lipinski definition) is 4. The van der Waals surface area contributed by atoms with Crippen LogP contribution in [0.2, 0.25) is 0 Å². The summed E-state index contributed by atoms with van der Waals surface area (Å²) in [5, 5.41) is 3.03. The molecule has 0 aliphatic carbocycles. The highest BCUT2D eigenvalue weighted by Crippen LogP contribution is 2.18. The van der Waals surface area contributed by atoms with Gasteiger partial charge in [0.25, 0.3) is 0 Å². The number of nitrogens with two attached hydrogens (primary N) is 1. The molecule has 1 aromatic rings. The molecule has 1 unspecified atom stereocenters. The lowest BCUT2D eigenvalue weighted by atomic mass is 10.2. The average Bonchev–Trinajstić information content (AvgIpc) is 2.18. The molecular weight excluding hydrogens is 216 g/mol. The zero-order chi connectivity index (χ0) is 13.1. The molecule has 0 radical (unpaired) electrons. The van der Waals surface area contributed by atoms with Crippen LogP contribution in [-0.4, -0.2) is 17.6 Å². The fourth-order valence-corrected chi connectivity index (χ4v) is 1.31. The fraction of sp³-hybridized carbons (Fsp3) is 0.462. The highest BCUT2D eigenvalue weighted by atomic mass is 16.6. The lowest BCUT2D eigenvalue weighted by Crippen LogP contribution is -2.34. The number of anilines is 2. The van der Waals surface area contributed by atoms with Crippen LogP contribution in [0, 0.1) is 0 Å². The zero-order valence-corrected chi connectivity index (χ0v) is 10.8. The third-order valence-electron chi connectivity index (χ3n) is 2.09. The molecule has 0 aliphatic rings.